The first-order valence-corrected chi connectivity index (χ1v) is 13.2. The minimum absolute atomic E-state index is 0. The first-order valence-electron chi connectivity index (χ1n) is 13.2. The fourth-order valence-electron chi connectivity index (χ4n) is 5.86. The van der Waals surface area contributed by atoms with Gasteiger partial charge in [0.2, 0.25) is 5.95 Å². The highest BCUT2D eigenvalue weighted by Crippen LogP contribution is 2.33. The van der Waals surface area contributed by atoms with E-state index in [9.17, 15) is 9.59 Å². The van der Waals surface area contributed by atoms with Gasteiger partial charge in [-0.15, -0.1) is 0 Å². The summed E-state index contributed by atoms with van der Waals surface area (Å²) in [5.41, 5.74) is 3.32. The van der Waals surface area contributed by atoms with Crippen LogP contribution in [0.4, 0.5) is 17.3 Å². The summed E-state index contributed by atoms with van der Waals surface area (Å²) in [4.78, 5) is 37.7. The molecular formula is C28H38N6O2. The maximum Gasteiger partial charge on any atom is 0.263 e. The number of pyridine rings is 1. The predicted octanol–water partition coefficient (Wildman–Crippen LogP) is 4.84. The number of aromatic nitrogens is 3. The van der Waals surface area contributed by atoms with Gasteiger partial charge in [0.05, 0.1) is 5.56 Å². The Bertz CT molecular complexity index is 1310. The third-order valence-electron chi connectivity index (χ3n) is 7.76. The molecule has 0 radical (unpaired) electrons. The van der Waals surface area contributed by atoms with Crippen molar-refractivity contribution in [3.8, 4) is 0 Å². The van der Waals surface area contributed by atoms with E-state index < -0.39 is 0 Å². The molecule has 3 aromatic rings. The van der Waals surface area contributed by atoms with Crippen molar-refractivity contribution in [1.29, 1.82) is 0 Å². The lowest BCUT2D eigenvalue weighted by molar-refractivity contribution is 0.101. The van der Waals surface area contributed by atoms with Crippen molar-refractivity contribution < 1.29 is 6.22 Å². The van der Waals surface area contributed by atoms with Crippen molar-refractivity contribution in [3.05, 3.63) is 51.9 Å². The van der Waals surface area contributed by atoms with Gasteiger partial charge >= 0.3 is 0 Å². The van der Waals surface area contributed by atoms with Gasteiger partial charge in [-0.2, -0.15) is 4.98 Å². The van der Waals surface area contributed by atoms with E-state index in [0.717, 1.165) is 43.7 Å². The Morgan fingerprint density at radius 3 is 2.56 bits per heavy atom. The minimum Gasteiger partial charge on any atom is -0.369 e. The average molecular weight is 491 g/mol. The van der Waals surface area contributed by atoms with Crippen LogP contribution in [0.25, 0.3) is 11.0 Å². The Morgan fingerprint density at radius 1 is 1.19 bits per heavy atom. The molecule has 1 aliphatic carbocycles. The monoisotopic (exact) mass is 490 g/mol. The number of nitrogens with zero attached hydrogens (tertiary/aromatic N) is 4. The van der Waals surface area contributed by atoms with Crippen LogP contribution in [0.2, 0.25) is 0 Å². The van der Waals surface area contributed by atoms with E-state index in [0.29, 0.717) is 23.1 Å². The predicted molar refractivity (Wildman–Crippen MR) is 147 cm³/mol. The zero-order chi connectivity index (χ0) is 25.2. The van der Waals surface area contributed by atoms with E-state index in [1.165, 1.54) is 38.3 Å². The molecule has 0 bridgehead atoms. The molecule has 1 atom stereocenters. The molecule has 0 amide bonds. The summed E-state index contributed by atoms with van der Waals surface area (Å²) in [5.74, 6) is 0.833. The van der Waals surface area contributed by atoms with E-state index in [4.69, 9.17) is 4.98 Å². The van der Waals surface area contributed by atoms with Gasteiger partial charge in [-0.05, 0) is 62.9 Å². The highest BCUT2D eigenvalue weighted by molar-refractivity contribution is 5.99. The molecule has 1 saturated carbocycles. The Morgan fingerprint density at radius 2 is 1.89 bits per heavy atom. The lowest BCUT2D eigenvalue weighted by Crippen LogP contribution is -2.43. The summed E-state index contributed by atoms with van der Waals surface area (Å²) < 4.78 is 1.73. The molecule has 0 spiro atoms. The Hall–Kier alpha value is -3.26. The van der Waals surface area contributed by atoms with E-state index in [1.54, 1.807) is 10.8 Å². The first kappa shape index (κ1) is 24.4. The smallest absolute Gasteiger partial charge is 0.263 e. The average Bonchev–Trinajstić information content (AvgIpc) is 3.38. The van der Waals surface area contributed by atoms with Crippen LogP contribution in [0.15, 0.2) is 35.3 Å². The van der Waals surface area contributed by atoms with Gasteiger partial charge in [0.1, 0.15) is 5.65 Å². The molecule has 8 heteroatoms. The number of rotatable bonds is 7. The van der Waals surface area contributed by atoms with Crippen molar-refractivity contribution in [2.24, 2.45) is 5.92 Å². The Balaban J connectivity index is 0.00000320. The number of Topliss-reactive ketones (excluding diaryl/α,β-unsaturated/α-hetero) is 1. The van der Waals surface area contributed by atoms with Crippen molar-refractivity contribution in [2.75, 3.05) is 36.4 Å². The highest BCUT2D eigenvalue weighted by atomic mass is 16.1. The zero-order valence-electron chi connectivity index (χ0n) is 21.5. The summed E-state index contributed by atoms with van der Waals surface area (Å²) in [7, 11) is 0. The number of piperazine rings is 1. The summed E-state index contributed by atoms with van der Waals surface area (Å²) in [5, 5.41) is 7.43. The number of benzene rings is 1. The van der Waals surface area contributed by atoms with Crippen molar-refractivity contribution in [1.82, 2.24) is 19.9 Å². The highest BCUT2D eigenvalue weighted by Gasteiger charge is 2.25. The molecule has 2 fully saturated rings. The fourth-order valence-corrected chi connectivity index (χ4v) is 5.86. The van der Waals surface area contributed by atoms with Crippen LogP contribution in [0.1, 0.15) is 69.3 Å². The number of carbonyl (C=O) groups excluding carboxylic acids is 1. The fraction of sp³-hybridized carbons (Fsp3) is 0.500. The van der Waals surface area contributed by atoms with Crippen LogP contribution in [0, 0.1) is 12.8 Å². The number of ketones is 1. The number of aryl methyl sites for hydroxylation is 1. The molecule has 192 valence electrons. The molecule has 8 nitrogen and oxygen atoms in total. The summed E-state index contributed by atoms with van der Waals surface area (Å²) in [6.07, 6.45) is 7.56. The van der Waals surface area contributed by atoms with Gasteiger partial charge in [0.25, 0.3) is 5.56 Å². The second-order valence-electron chi connectivity index (χ2n) is 10.3. The van der Waals surface area contributed by atoms with Crippen LogP contribution in [-0.4, -0.2) is 46.5 Å². The van der Waals surface area contributed by atoms with Gasteiger partial charge < -0.3 is 15.5 Å². The van der Waals surface area contributed by atoms with Gasteiger partial charge in [0.15, 0.2) is 5.78 Å². The molecule has 3 heterocycles. The molecule has 1 aromatic carbocycles. The topological polar surface area (TPSA) is 92.2 Å². The van der Waals surface area contributed by atoms with E-state index in [-0.39, 0.29) is 24.4 Å². The molecule has 1 aliphatic heterocycles. The SMILES string of the molecule is CC(=O)c1c(C)c2cnc(Nc3ccc(N4CCNCC4)cc3)nc2n(C(C)CC2CCCC2)c1=O.[HH]. The molecule has 1 unspecified atom stereocenters. The third kappa shape index (κ3) is 4.87. The van der Waals surface area contributed by atoms with Crippen LogP contribution in [0.3, 0.4) is 0 Å². The lowest BCUT2D eigenvalue weighted by Gasteiger charge is -2.29. The van der Waals surface area contributed by atoms with Gasteiger partial charge in [0, 0.05) is 56.6 Å². The molecule has 2 N–H and O–H groups in total. The number of hydrogen-bond donors (Lipinski definition) is 2. The van der Waals surface area contributed by atoms with Gasteiger partial charge in [-0.25, -0.2) is 4.98 Å². The second-order valence-corrected chi connectivity index (χ2v) is 10.3. The van der Waals surface area contributed by atoms with Crippen LogP contribution in [-0.2, 0) is 0 Å². The lowest BCUT2D eigenvalue weighted by atomic mass is 9.98. The van der Waals surface area contributed by atoms with Gasteiger partial charge in [-0.1, -0.05) is 25.7 Å². The number of anilines is 3. The first-order chi connectivity index (χ1) is 17.4. The second kappa shape index (κ2) is 10.4. The standard InChI is InChI=1S/C28H36N6O2.H2/c1-18(16-21-6-4-5-7-21)34-26-24(19(2)25(20(3)35)27(34)36)17-30-28(32-26)31-22-8-10-23(11-9-22)33-14-12-29-13-15-33;/h8-11,17-18,21,29H,4-7,12-16H2,1-3H3,(H,30,31,32);1H. The Kier molecular flexibility index (Phi) is 7.05. The molecular weight excluding hydrogens is 452 g/mol. The van der Waals surface area contributed by atoms with E-state index in [2.05, 4.69) is 39.6 Å². The minimum atomic E-state index is -0.247. The number of carbonyl (C=O) groups is 1. The summed E-state index contributed by atoms with van der Waals surface area (Å²) in [6.45, 7) is 9.34. The molecule has 36 heavy (non-hydrogen) atoms. The van der Waals surface area contributed by atoms with Gasteiger partial charge in [-0.3, -0.25) is 14.2 Å². The van der Waals surface area contributed by atoms with Crippen molar-refractivity contribution in [3.63, 3.8) is 0 Å². The number of nitrogens with one attached hydrogen (secondary N) is 2. The van der Waals surface area contributed by atoms with Crippen molar-refractivity contribution >= 4 is 34.1 Å². The molecule has 5 rings (SSSR count). The van der Waals surface area contributed by atoms with Crippen LogP contribution < -0.4 is 21.1 Å². The maximum atomic E-state index is 13.6. The quantitative estimate of drug-likeness (QED) is 0.458. The molecule has 2 aliphatic rings. The maximum absolute atomic E-state index is 13.6. The normalized spacial score (nSPS) is 17.5. The Labute approximate surface area is 213 Å². The van der Waals surface area contributed by atoms with Crippen molar-refractivity contribution in [2.45, 2.75) is 58.9 Å². The molecule has 2 aromatic heterocycles. The summed E-state index contributed by atoms with van der Waals surface area (Å²) in [6, 6.07) is 8.23. The van der Waals surface area contributed by atoms with E-state index in [1.807, 2.05) is 19.1 Å². The van der Waals surface area contributed by atoms with Crippen LogP contribution in [0.5, 0.6) is 0 Å². The van der Waals surface area contributed by atoms with E-state index >= 15 is 0 Å². The summed E-state index contributed by atoms with van der Waals surface area (Å²) >= 11 is 0. The largest absolute Gasteiger partial charge is 0.369 e. The third-order valence-corrected chi connectivity index (χ3v) is 7.76. The zero-order valence-corrected chi connectivity index (χ0v) is 21.5. The number of fused-ring (bicyclic) bond motifs is 1. The van der Waals surface area contributed by atoms with Crippen LogP contribution >= 0.6 is 0 Å². The molecule has 1 saturated heterocycles. The number of hydrogen-bond acceptors (Lipinski definition) is 7.